The molecule has 19 heavy (non-hydrogen) atoms. The van der Waals surface area contributed by atoms with Gasteiger partial charge in [0.05, 0.1) is 0 Å². The Bertz CT molecular complexity index is 490. The number of nitrogens with zero attached hydrogens (tertiary/aromatic N) is 1. The van der Waals surface area contributed by atoms with Crippen molar-refractivity contribution in [1.82, 2.24) is 10.2 Å². The van der Waals surface area contributed by atoms with Crippen LogP contribution in [0.15, 0.2) is 24.3 Å². The van der Waals surface area contributed by atoms with Gasteiger partial charge in [-0.3, -0.25) is 9.59 Å². The lowest BCUT2D eigenvalue weighted by Crippen LogP contribution is -2.55. The maximum Gasteiger partial charge on any atom is 0.242 e. The highest BCUT2D eigenvalue weighted by Gasteiger charge is 2.28. The summed E-state index contributed by atoms with van der Waals surface area (Å²) in [5, 5.41) is 3.43. The van der Waals surface area contributed by atoms with Crippen LogP contribution in [0.3, 0.4) is 0 Å². The second kappa shape index (κ2) is 6.06. The summed E-state index contributed by atoms with van der Waals surface area (Å²) in [5.74, 6) is -0.0837. The van der Waals surface area contributed by atoms with Gasteiger partial charge >= 0.3 is 0 Å². The number of benzene rings is 1. The molecule has 2 rings (SSSR count). The number of halogens is 1. The number of hydrogen-bond donors (Lipinski definition) is 1. The minimum atomic E-state index is -0.382. The molecule has 1 aliphatic rings. The lowest BCUT2D eigenvalue weighted by molar-refractivity contribution is -0.142. The largest absolute Gasteiger partial charge is 0.353 e. The average molecular weight is 281 g/mol. The Morgan fingerprint density at radius 1 is 1.47 bits per heavy atom. The van der Waals surface area contributed by atoms with Crippen LogP contribution in [-0.4, -0.2) is 35.8 Å². The van der Waals surface area contributed by atoms with Crippen LogP contribution in [0.2, 0.25) is 5.02 Å². The summed E-state index contributed by atoms with van der Waals surface area (Å²) in [6.07, 6.45) is 0.977. The van der Waals surface area contributed by atoms with Crippen molar-refractivity contribution in [3.63, 3.8) is 0 Å². The summed E-state index contributed by atoms with van der Waals surface area (Å²) in [5.41, 5.74) is 0.964. The highest BCUT2D eigenvalue weighted by molar-refractivity contribution is 6.31. The lowest BCUT2D eigenvalue weighted by atomic mass is 10.1. The zero-order chi connectivity index (χ0) is 13.8. The number of hydrogen-bond acceptors (Lipinski definition) is 2. The lowest BCUT2D eigenvalue weighted by Gasteiger charge is -2.32. The summed E-state index contributed by atoms with van der Waals surface area (Å²) in [6, 6.07) is 7.13. The first-order valence-corrected chi connectivity index (χ1v) is 6.78. The van der Waals surface area contributed by atoms with Crippen molar-refractivity contribution >= 4 is 23.4 Å². The Balaban J connectivity index is 1.94. The number of carbonyl (C=O) groups is 2. The highest BCUT2D eigenvalue weighted by Crippen LogP contribution is 2.17. The van der Waals surface area contributed by atoms with Crippen molar-refractivity contribution in [1.29, 1.82) is 0 Å². The van der Waals surface area contributed by atoms with E-state index >= 15 is 0 Å². The molecule has 1 N–H and O–H groups in total. The Hall–Kier alpha value is -1.55. The van der Waals surface area contributed by atoms with E-state index in [1.165, 1.54) is 0 Å². The number of piperazine rings is 1. The van der Waals surface area contributed by atoms with Crippen LogP contribution in [0.4, 0.5) is 0 Å². The second-order valence-corrected chi connectivity index (χ2v) is 5.05. The van der Waals surface area contributed by atoms with E-state index in [0.29, 0.717) is 31.0 Å². The molecular weight excluding hydrogens is 264 g/mol. The average Bonchev–Trinajstić information content (AvgIpc) is 2.40. The zero-order valence-corrected chi connectivity index (χ0v) is 11.6. The van der Waals surface area contributed by atoms with E-state index in [1.54, 1.807) is 11.8 Å². The fourth-order valence-corrected chi connectivity index (χ4v) is 2.44. The molecule has 1 saturated heterocycles. The molecule has 1 fully saturated rings. The van der Waals surface area contributed by atoms with Crippen LogP contribution in [0.5, 0.6) is 0 Å². The molecule has 0 saturated carbocycles. The molecule has 1 aliphatic heterocycles. The van der Waals surface area contributed by atoms with Crippen molar-refractivity contribution < 1.29 is 9.59 Å². The van der Waals surface area contributed by atoms with Crippen molar-refractivity contribution in [2.45, 2.75) is 25.8 Å². The minimum Gasteiger partial charge on any atom is -0.353 e. The summed E-state index contributed by atoms with van der Waals surface area (Å²) < 4.78 is 0. The van der Waals surface area contributed by atoms with Gasteiger partial charge in [0.1, 0.15) is 6.04 Å². The van der Waals surface area contributed by atoms with E-state index in [2.05, 4.69) is 5.32 Å². The second-order valence-electron chi connectivity index (χ2n) is 4.65. The smallest absolute Gasteiger partial charge is 0.242 e. The third kappa shape index (κ3) is 3.26. The van der Waals surface area contributed by atoms with E-state index in [1.807, 2.05) is 24.3 Å². The van der Waals surface area contributed by atoms with Gasteiger partial charge in [0, 0.05) is 24.5 Å². The van der Waals surface area contributed by atoms with Gasteiger partial charge in [-0.2, -0.15) is 0 Å². The van der Waals surface area contributed by atoms with Gasteiger partial charge in [0.25, 0.3) is 0 Å². The maximum atomic E-state index is 12.1. The van der Waals surface area contributed by atoms with Crippen molar-refractivity contribution in [2.75, 3.05) is 13.1 Å². The van der Waals surface area contributed by atoms with Gasteiger partial charge in [-0.15, -0.1) is 0 Å². The predicted molar refractivity (Wildman–Crippen MR) is 74.0 cm³/mol. The van der Waals surface area contributed by atoms with Gasteiger partial charge in [-0.05, 0) is 25.0 Å². The first-order valence-electron chi connectivity index (χ1n) is 6.40. The van der Waals surface area contributed by atoms with Crippen molar-refractivity contribution in [2.24, 2.45) is 0 Å². The predicted octanol–water partition coefficient (Wildman–Crippen LogP) is 1.62. The number of rotatable bonds is 3. The fraction of sp³-hybridized carbons (Fsp3) is 0.429. The van der Waals surface area contributed by atoms with Crippen LogP contribution >= 0.6 is 11.6 Å². The van der Waals surface area contributed by atoms with E-state index in [4.69, 9.17) is 11.6 Å². The molecular formula is C14H17ClN2O2. The summed E-state index contributed by atoms with van der Waals surface area (Å²) in [4.78, 5) is 25.3. The quantitative estimate of drug-likeness (QED) is 0.915. The van der Waals surface area contributed by atoms with Gasteiger partial charge in [0.15, 0.2) is 0 Å². The SMILES string of the molecule is CC1C(=O)NCCN1C(=O)CCc1ccccc1Cl. The van der Waals surface area contributed by atoms with Gasteiger partial charge in [-0.25, -0.2) is 0 Å². The molecule has 0 spiro atoms. The van der Waals surface area contributed by atoms with Crippen molar-refractivity contribution in [3.8, 4) is 0 Å². The molecule has 1 atom stereocenters. The van der Waals surface area contributed by atoms with Gasteiger partial charge < -0.3 is 10.2 Å². The van der Waals surface area contributed by atoms with Gasteiger partial charge in [-0.1, -0.05) is 29.8 Å². The summed E-state index contributed by atoms with van der Waals surface area (Å²) >= 11 is 6.06. The minimum absolute atomic E-state index is 0.00210. The molecule has 4 nitrogen and oxygen atoms in total. The maximum absolute atomic E-state index is 12.1. The molecule has 0 radical (unpaired) electrons. The van der Waals surface area contributed by atoms with Gasteiger partial charge in [0.2, 0.25) is 11.8 Å². The Labute approximate surface area is 117 Å². The topological polar surface area (TPSA) is 49.4 Å². The third-order valence-corrected chi connectivity index (χ3v) is 3.75. The summed E-state index contributed by atoms with van der Waals surface area (Å²) in [6.45, 7) is 2.86. The van der Waals surface area contributed by atoms with E-state index in [0.717, 1.165) is 5.56 Å². The molecule has 0 bridgehead atoms. The third-order valence-electron chi connectivity index (χ3n) is 3.39. The normalized spacial score (nSPS) is 19.2. The molecule has 1 aromatic rings. The highest BCUT2D eigenvalue weighted by atomic mass is 35.5. The first kappa shape index (κ1) is 13.9. The summed E-state index contributed by atoms with van der Waals surface area (Å²) in [7, 11) is 0. The van der Waals surface area contributed by atoms with E-state index in [9.17, 15) is 9.59 Å². The standard InChI is InChI=1S/C14H17ClN2O2/c1-10-14(19)16-8-9-17(10)13(18)7-6-11-4-2-3-5-12(11)15/h2-5,10H,6-9H2,1H3,(H,16,19). The molecule has 2 amide bonds. The zero-order valence-electron chi connectivity index (χ0n) is 10.9. The first-order chi connectivity index (χ1) is 9.09. The number of aryl methyl sites for hydroxylation is 1. The van der Waals surface area contributed by atoms with E-state index < -0.39 is 0 Å². The molecule has 102 valence electrons. The molecule has 1 unspecified atom stereocenters. The van der Waals surface area contributed by atoms with Crippen LogP contribution in [-0.2, 0) is 16.0 Å². The number of nitrogens with one attached hydrogen (secondary N) is 1. The van der Waals surface area contributed by atoms with Crippen molar-refractivity contribution in [3.05, 3.63) is 34.9 Å². The monoisotopic (exact) mass is 280 g/mol. The molecule has 1 heterocycles. The van der Waals surface area contributed by atoms with Crippen LogP contribution in [0.25, 0.3) is 0 Å². The Morgan fingerprint density at radius 3 is 2.95 bits per heavy atom. The van der Waals surface area contributed by atoms with Crippen LogP contribution < -0.4 is 5.32 Å². The molecule has 0 aliphatic carbocycles. The molecule has 0 aromatic heterocycles. The Kier molecular flexibility index (Phi) is 4.43. The van der Waals surface area contributed by atoms with Crippen LogP contribution in [0.1, 0.15) is 18.9 Å². The van der Waals surface area contributed by atoms with E-state index in [-0.39, 0.29) is 17.9 Å². The molecule has 1 aromatic carbocycles. The fourth-order valence-electron chi connectivity index (χ4n) is 2.21. The number of carbonyl (C=O) groups excluding carboxylic acids is 2. The van der Waals surface area contributed by atoms with Crippen LogP contribution in [0, 0.1) is 0 Å². The molecule has 5 heteroatoms. The number of amides is 2. The Morgan fingerprint density at radius 2 is 2.21 bits per heavy atom.